The van der Waals surface area contributed by atoms with E-state index in [1.54, 1.807) is 0 Å². The molecule has 2 aromatic carbocycles. The molecule has 0 radical (unpaired) electrons. The zero-order valence-corrected chi connectivity index (χ0v) is 18.3. The molecule has 4 rings (SSSR count). The number of anilines is 1. The molecule has 2 aromatic rings. The van der Waals surface area contributed by atoms with Gasteiger partial charge in [-0.1, -0.05) is 55.5 Å². The fraction of sp³-hybridized carbons (Fsp3) is 0.462. The van der Waals surface area contributed by atoms with Crippen molar-refractivity contribution in [3.63, 3.8) is 0 Å². The first-order chi connectivity index (χ1) is 15.1. The number of benzene rings is 2. The molecule has 2 amide bonds. The van der Waals surface area contributed by atoms with Crippen LogP contribution < -0.4 is 10.6 Å². The number of fused-ring (bicyclic) bond motifs is 1. The maximum atomic E-state index is 12.6. The topological polar surface area (TPSA) is 61.4 Å². The van der Waals surface area contributed by atoms with Gasteiger partial charge in [0.25, 0.3) is 0 Å². The van der Waals surface area contributed by atoms with Gasteiger partial charge in [0, 0.05) is 24.6 Å². The number of nitrogens with zero attached hydrogens (tertiary/aromatic N) is 1. The molecule has 2 atom stereocenters. The predicted octanol–water partition coefficient (Wildman–Crippen LogP) is 4.17. The zero-order valence-electron chi connectivity index (χ0n) is 18.3. The second-order valence-corrected chi connectivity index (χ2v) is 9.04. The van der Waals surface area contributed by atoms with E-state index in [2.05, 4.69) is 46.7 Å². The molecule has 2 unspecified atom stereocenters. The van der Waals surface area contributed by atoms with E-state index >= 15 is 0 Å². The molecule has 0 saturated carbocycles. The van der Waals surface area contributed by atoms with E-state index in [0.29, 0.717) is 25.8 Å². The van der Waals surface area contributed by atoms with Gasteiger partial charge in [-0.15, -0.1) is 0 Å². The highest BCUT2D eigenvalue weighted by Crippen LogP contribution is 2.28. The van der Waals surface area contributed by atoms with Crippen molar-refractivity contribution in [1.29, 1.82) is 0 Å². The Morgan fingerprint density at radius 3 is 2.58 bits per heavy atom. The molecule has 5 nitrogen and oxygen atoms in total. The molecule has 2 heterocycles. The summed E-state index contributed by atoms with van der Waals surface area (Å²) in [5.74, 6) is 0.678. The van der Waals surface area contributed by atoms with E-state index in [-0.39, 0.29) is 23.8 Å². The van der Waals surface area contributed by atoms with Crippen molar-refractivity contribution >= 4 is 17.5 Å². The van der Waals surface area contributed by atoms with E-state index in [4.69, 9.17) is 0 Å². The van der Waals surface area contributed by atoms with Crippen LogP contribution in [-0.2, 0) is 16.0 Å². The highest BCUT2D eigenvalue weighted by atomic mass is 16.2. The first-order valence-electron chi connectivity index (χ1n) is 11.5. The van der Waals surface area contributed by atoms with Crippen molar-refractivity contribution in [2.24, 2.45) is 11.8 Å². The van der Waals surface area contributed by atoms with E-state index in [1.165, 1.54) is 18.4 Å². The van der Waals surface area contributed by atoms with Crippen molar-refractivity contribution in [2.75, 3.05) is 25.0 Å². The van der Waals surface area contributed by atoms with Crippen LogP contribution in [-0.4, -0.2) is 36.3 Å². The largest absolute Gasteiger partial charge is 0.354 e. The van der Waals surface area contributed by atoms with Crippen LogP contribution in [0.3, 0.4) is 0 Å². The minimum absolute atomic E-state index is 0.0242. The molecule has 0 aliphatic carbocycles. The summed E-state index contributed by atoms with van der Waals surface area (Å²) in [7, 11) is 0. The molecule has 2 N–H and O–H groups in total. The SMILES string of the molecule is CC1CCN(C(CNC(=O)CCC2Cc3ccccc3NC2=O)c2ccccc2)CC1. The molecular formula is C26H33N3O2. The lowest BCUT2D eigenvalue weighted by molar-refractivity contribution is -0.123. The van der Waals surface area contributed by atoms with Gasteiger partial charge in [0.05, 0.1) is 6.04 Å². The Hall–Kier alpha value is -2.66. The maximum Gasteiger partial charge on any atom is 0.227 e. The van der Waals surface area contributed by atoms with Crippen LogP contribution in [0, 0.1) is 11.8 Å². The molecule has 1 saturated heterocycles. The van der Waals surface area contributed by atoms with Crippen LogP contribution >= 0.6 is 0 Å². The minimum atomic E-state index is -0.144. The second kappa shape index (κ2) is 10.1. The van der Waals surface area contributed by atoms with Crippen molar-refractivity contribution in [3.8, 4) is 0 Å². The van der Waals surface area contributed by atoms with Gasteiger partial charge in [-0.2, -0.15) is 0 Å². The van der Waals surface area contributed by atoms with Crippen molar-refractivity contribution in [2.45, 2.75) is 45.1 Å². The first kappa shape index (κ1) is 21.6. The van der Waals surface area contributed by atoms with Gasteiger partial charge in [-0.3, -0.25) is 14.5 Å². The number of para-hydroxylation sites is 1. The van der Waals surface area contributed by atoms with Gasteiger partial charge in [0.2, 0.25) is 11.8 Å². The zero-order chi connectivity index (χ0) is 21.6. The molecular weight excluding hydrogens is 386 g/mol. The van der Waals surface area contributed by atoms with Crippen LogP contribution in [0.2, 0.25) is 0 Å². The number of carbonyl (C=O) groups is 2. The van der Waals surface area contributed by atoms with Gasteiger partial charge in [0.15, 0.2) is 0 Å². The Bertz CT molecular complexity index is 891. The van der Waals surface area contributed by atoms with E-state index in [0.717, 1.165) is 30.3 Å². The summed E-state index contributed by atoms with van der Waals surface area (Å²) in [6, 6.07) is 18.6. The van der Waals surface area contributed by atoms with Gasteiger partial charge < -0.3 is 10.6 Å². The van der Waals surface area contributed by atoms with Crippen LogP contribution in [0.1, 0.15) is 49.8 Å². The third kappa shape index (κ3) is 5.53. The monoisotopic (exact) mass is 419 g/mol. The molecule has 164 valence electrons. The Labute approximate surface area is 185 Å². The molecule has 1 fully saturated rings. The lowest BCUT2D eigenvalue weighted by Crippen LogP contribution is -2.42. The molecule has 2 aliphatic rings. The maximum absolute atomic E-state index is 12.6. The Morgan fingerprint density at radius 2 is 1.81 bits per heavy atom. The number of carbonyl (C=O) groups excluding carboxylic acids is 2. The van der Waals surface area contributed by atoms with Crippen LogP contribution in [0.15, 0.2) is 54.6 Å². The molecule has 0 spiro atoms. The van der Waals surface area contributed by atoms with Gasteiger partial charge >= 0.3 is 0 Å². The van der Waals surface area contributed by atoms with E-state index in [9.17, 15) is 9.59 Å². The lowest BCUT2D eigenvalue weighted by Gasteiger charge is -2.37. The van der Waals surface area contributed by atoms with Crippen LogP contribution in [0.4, 0.5) is 5.69 Å². The smallest absolute Gasteiger partial charge is 0.227 e. The first-order valence-corrected chi connectivity index (χ1v) is 11.5. The third-order valence-corrected chi connectivity index (χ3v) is 6.77. The Morgan fingerprint density at radius 1 is 1.10 bits per heavy atom. The van der Waals surface area contributed by atoms with Gasteiger partial charge in [-0.05, 0) is 61.9 Å². The number of nitrogens with one attached hydrogen (secondary N) is 2. The van der Waals surface area contributed by atoms with Gasteiger partial charge in [-0.25, -0.2) is 0 Å². The van der Waals surface area contributed by atoms with E-state index < -0.39 is 0 Å². The molecule has 5 heteroatoms. The minimum Gasteiger partial charge on any atom is -0.354 e. The second-order valence-electron chi connectivity index (χ2n) is 9.04. The quantitative estimate of drug-likeness (QED) is 0.708. The van der Waals surface area contributed by atoms with Crippen molar-refractivity contribution in [3.05, 3.63) is 65.7 Å². The van der Waals surface area contributed by atoms with Crippen LogP contribution in [0.25, 0.3) is 0 Å². The lowest BCUT2D eigenvalue weighted by atomic mass is 9.89. The Kier molecular flexibility index (Phi) is 7.03. The summed E-state index contributed by atoms with van der Waals surface area (Å²) >= 11 is 0. The Balaban J connectivity index is 1.31. The number of amides is 2. The average molecular weight is 420 g/mol. The number of hydrogen-bond acceptors (Lipinski definition) is 3. The number of likely N-dealkylation sites (tertiary alicyclic amines) is 1. The van der Waals surface area contributed by atoms with Crippen molar-refractivity contribution < 1.29 is 9.59 Å². The van der Waals surface area contributed by atoms with Gasteiger partial charge in [0.1, 0.15) is 0 Å². The fourth-order valence-electron chi connectivity index (χ4n) is 4.72. The molecule has 0 bridgehead atoms. The summed E-state index contributed by atoms with van der Waals surface area (Å²) < 4.78 is 0. The molecule has 31 heavy (non-hydrogen) atoms. The summed E-state index contributed by atoms with van der Waals surface area (Å²) in [5.41, 5.74) is 3.30. The highest BCUT2D eigenvalue weighted by molar-refractivity contribution is 5.96. The normalized spacial score (nSPS) is 20.5. The molecule has 2 aliphatic heterocycles. The van der Waals surface area contributed by atoms with Crippen molar-refractivity contribution in [1.82, 2.24) is 10.2 Å². The molecule has 0 aromatic heterocycles. The number of piperidine rings is 1. The highest BCUT2D eigenvalue weighted by Gasteiger charge is 2.27. The summed E-state index contributed by atoms with van der Waals surface area (Å²) in [6.07, 6.45) is 4.06. The predicted molar refractivity (Wildman–Crippen MR) is 124 cm³/mol. The van der Waals surface area contributed by atoms with E-state index in [1.807, 2.05) is 30.3 Å². The summed E-state index contributed by atoms with van der Waals surface area (Å²) in [4.78, 5) is 27.6. The fourth-order valence-corrected chi connectivity index (χ4v) is 4.72. The summed E-state index contributed by atoms with van der Waals surface area (Å²) in [6.45, 7) is 5.06. The standard InChI is InChI=1S/C26H33N3O2/c1-19-13-15-29(16-14-19)24(20-7-3-2-4-8-20)18-27-25(30)12-11-22-17-21-9-5-6-10-23(21)28-26(22)31/h2-10,19,22,24H,11-18H2,1H3,(H,27,30)(H,28,31). The summed E-state index contributed by atoms with van der Waals surface area (Å²) in [5, 5.41) is 6.13. The average Bonchev–Trinajstić information content (AvgIpc) is 2.79. The number of hydrogen-bond donors (Lipinski definition) is 2. The third-order valence-electron chi connectivity index (χ3n) is 6.77. The van der Waals surface area contributed by atoms with Crippen LogP contribution in [0.5, 0.6) is 0 Å². The number of rotatable bonds is 7.